The first-order valence-electron chi connectivity index (χ1n) is 6.33. The zero-order valence-corrected chi connectivity index (χ0v) is 10.8. The van der Waals surface area contributed by atoms with Crippen molar-refractivity contribution in [1.82, 2.24) is 4.90 Å². The summed E-state index contributed by atoms with van der Waals surface area (Å²) in [5.74, 6) is 2.32. The highest BCUT2D eigenvalue weighted by Crippen LogP contribution is 2.39. The predicted octanol–water partition coefficient (Wildman–Crippen LogP) is 1.21. The number of likely N-dealkylation sites (tertiary alicyclic amines) is 1. The molecule has 0 amide bonds. The van der Waals surface area contributed by atoms with E-state index < -0.39 is 0 Å². The van der Waals surface area contributed by atoms with Crippen molar-refractivity contribution in [2.75, 3.05) is 51.0 Å². The second-order valence-corrected chi connectivity index (χ2v) is 6.24. The van der Waals surface area contributed by atoms with Gasteiger partial charge in [0.2, 0.25) is 0 Å². The van der Waals surface area contributed by atoms with Gasteiger partial charge in [0.05, 0.1) is 0 Å². The van der Waals surface area contributed by atoms with Crippen LogP contribution in [0, 0.1) is 5.41 Å². The van der Waals surface area contributed by atoms with E-state index in [1.54, 1.807) is 0 Å². The number of ether oxygens (including phenoxy) is 1. The SMILES string of the molecule is OCCCSCCN1CC2(CCOCC2)C1. The van der Waals surface area contributed by atoms with Gasteiger partial charge in [-0.05, 0) is 25.0 Å². The van der Waals surface area contributed by atoms with E-state index >= 15 is 0 Å². The molecule has 94 valence electrons. The molecule has 2 heterocycles. The Kier molecular flexibility index (Phi) is 4.95. The van der Waals surface area contributed by atoms with Crippen molar-refractivity contribution >= 4 is 11.8 Å². The second kappa shape index (κ2) is 6.24. The van der Waals surface area contributed by atoms with E-state index in [1.165, 1.54) is 38.2 Å². The van der Waals surface area contributed by atoms with Crippen LogP contribution in [-0.2, 0) is 4.74 Å². The summed E-state index contributed by atoms with van der Waals surface area (Å²) >= 11 is 1.96. The van der Waals surface area contributed by atoms with E-state index in [4.69, 9.17) is 9.84 Å². The van der Waals surface area contributed by atoms with Crippen LogP contribution in [0.4, 0.5) is 0 Å². The molecular formula is C12H23NO2S. The highest BCUT2D eigenvalue weighted by Gasteiger charge is 2.43. The van der Waals surface area contributed by atoms with Crippen molar-refractivity contribution in [3.05, 3.63) is 0 Å². The third-order valence-corrected chi connectivity index (χ3v) is 4.72. The number of aliphatic hydroxyl groups is 1. The Morgan fingerprint density at radius 3 is 2.62 bits per heavy atom. The number of nitrogens with zero attached hydrogens (tertiary/aromatic N) is 1. The molecule has 1 spiro atoms. The van der Waals surface area contributed by atoms with Gasteiger partial charge in [-0.15, -0.1) is 0 Å². The van der Waals surface area contributed by atoms with E-state index in [9.17, 15) is 0 Å². The summed E-state index contributed by atoms with van der Waals surface area (Å²) in [5, 5.41) is 8.66. The van der Waals surface area contributed by atoms with Gasteiger partial charge in [0.1, 0.15) is 0 Å². The van der Waals surface area contributed by atoms with Crippen molar-refractivity contribution in [2.24, 2.45) is 5.41 Å². The van der Waals surface area contributed by atoms with Crippen LogP contribution in [0.15, 0.2) is 0 Å². The molecule has 1 N–H and O–H groups in total. The first kappa shape index (κ1) is 12.7. The standard InChI is InChI=1S/C12H23NO2S/c14-5-1-8-16-9-4-13-10-12(11-13)2-6-15-7-3-12/h14H,1-11H2. The van der Waals surface area contributed by atoms with Gasteiger partial charge in [-0.3, -0.25) is 0 Å². The minimum Gasteiger partial charge on any atom is -0.396 e. The zero-order chi connectivity index (χ0) is 11.3. The smallest absolute Gasteiger partial charge is 0.0472 e. The maximum Gasteiger partial charge on any atom is 0.0472 e. The van der Waals surface area contributed by atoms with E-state index in [1.807, 2.05) is 11.8 Å². The highest BCUT2D eigenvalue weighted by atomic mass is 32.2. The van der Waals surface area contributed by atoms with Gasteiger partial charge < -0.3 is 14.7 Å². The molecule has 16 heavy (non-hydrogen) atoms. The second-order valence-electron chi connectivity index (χ2n) is 5.01. The number of hydrogen-bond acceptors (Lipinski definition) is 4. The number of aliphatic hydroxyl groups excluding tert-OH is 1. The van der Waals surface area contributed by atoms with Gasteiger partial charge >= 0.3 is 0 Å². The van der Waals surface area contributed by atoms with Gasteiger partial charge in [0, 0.05) is 50.6 Å². The first-order valence-corrected chi connectivity index (χ1v) is 7.49. The van der Waals surface area contributed by atoms with Crippen molar-refractivity contribution in [1.29, 1.82) is 0 Å². The summed E-state index contributed by atoms with van der Waals surface area (Å²) in [6.45, 7) is 6.07. The molecule has 2 rings (SSSR count). The normalized spacial score (nSPS) is 24.6. The lowest BCUT2D eigenvalue weighted by molar-refractivity contribution is -0.0778. The maximum absolute atomic E-state index is 8.66. The molecule has 0 atom stereocenters. The Bertz CT molecular complexity index is 199. The van der Waals surface area contributed by atoms with Crippen LogP contribution in [0.1, 0.15) is 19.3 Å². The summed E-state index contributed by atoms with van der Waals surface area (Å²) in [4.78, 5) is 2.57. The van der Waals surface area contributed by atoms with Gasteiger partial charge in [0.25, 0.3) is 0 Å². The predicted molar refractivity (Wildman–Crippen MR) is 68.0 cm³/mol. The molecule has 0 aromatic rings. The van der Waals surface area contributed by atoms with Crippen molar-refractivity contribution in [3.8, 4) is 0 Å². The van der Waals surface area contributed by atoms with E-state index in [0.717, 1.165) is 25.4 Å². The molecule has 2 saturated heterocycles. The summed E-state index contributed by atoms with van der Waals surface area (Å²) < 4.78 is 5.42. The summed E-state index contributed by atoms with van der Waals surface area (Å²) in [6, 6.07) is 0. The average Bonchev–Trinajstić information content (AvgIpc) is 2.28. The van der Waals surface area contributed by atoms with Crippen LogP contribution < -0.4 is 0 Å². The lowest BCUT2D eigenvalue weighted by atomic mass is 9.73. The van der Waals surface area contributed by atoms with Crippen LogP contribution >= 0.6 is 11.8 Å². The largest absolute Gasteiger partial charge is 0.396 e. The third-order valence-electron chi connectivity index (χ3n) is 3.67. The van der Waals surface area contributed by atoms with Crippen molar-refractivity contribution in [2.45, 2.75) is 19.3 Å². The van der Waals surface area contributed by atoms with Crippen LogP contribution in [0.2, 0.25) is 0 Å². The Labute approximate surface area is 103 Å². The molecule has 0 unspecified atom stereocenters. The molecule has 2 fully saturated rings. The van der Waals surface area contributed by atoms with Crippen LogP contribution in [0.25, 0.3) is 0 Å². The van der Waals surface area contributed by atoms with Gasteiger partial charge in [-0.25, -0.2) is 0 Å². The van der Waals surface area contributed by atoms with Gasteiger partial charge in [0.15, 0.2) is 0 Å². The molecule has 0 saturated carbocycles. The molecule has 2 aliphatic rings. The van der Waals surface area contributed by atoms with Crippen LogP contribution in [-0.4, -0.2) is 61.0 Å². The minimum atomic E-state index is 0.333. The molecule has 0 radical (unpaired) electrons. The minimum absolute atomic E-state index is 0.333. The fourth-order valence-corrected chi connectivity index (χ4v) is 3.57. The van der Waals surface area contributed by atoms with Crippen LogP contribution in [0.5, 0.6) is 0 Å². The number of thioether (sulfide) groups is 1. The molecule has 0 aromatic heterocycles. The summed E-state index contributed by atoms with van der Waals surface area (Å²) in [7, 11) is 0. The van der Waals surface area contributed by atoms with E-state index in [2.05, 4.69) is 4.90 Å². The lowest BCUT2D eigenvalue weighted by Crippen LogP contribution is -2.58. The molecular weight excluding hydrogens is 222 g/mol. The maximum atomic E-state index is 8.66. The molecule has 2 aliphatic heterocycles. The number of rotatable bonds is 6. The van der Waals surface area contributed by atoms with Gasteiger partial charge in [-0.2, -0.15) is 11.8 Å². The molecule has 3 nitrogen and oxygen atoms in total. The third kappa shape index (κ3) is 3.36. The van der Waals surface area contributed by atoms with E-state index in [-0.39, 0.29) is 0 Å². The monoisotopic (exact) mass is 245 g/mol. The Morgan fingerprint density at radius 1 is 1.19 bits per heavy atom. The Morgan fingerprint density at radius 2 is 1.94 bits per heavy atom. The Hall–Kier alpha value is 0.230. The number of hydrogen-bond donors (Lipinski definition) is 1. The van der Waals surface area contributed by atoms with Crippen molar-refractivity contribution < 1.29 is 9.84 Å². The first-order chi connectivity index (χ1) is 7.85. The fourth-order valence-electron chi connectivity index (χ4n) is 2.64. The Balaban J connectivity index is 1.51. The summed E-state index contributed by atoms with van der Waals surface area (Å²) in [6.07, 6.45) is 3.47. The van der Waals surface area contributed by atoms with Crippen molar-refractivity contribution in [3.63, 3.8) is 0 Å². The van der Waals surface area contributed by atoms with E-state index in [0.29, 0.717) is 12.0 Å². The fraction of sp³-hybridized carbons (Fsp3) is 1.00. The zero-order valence-electron chi connectivity index (χ0n) is 9.99. The lowest BCUT2D eigenvalue weighted by Gasteiger charge is -2.52. The van der Waals surface area contributed by atoms with Gasteiger partial charge in [-0.1, -0.05) is 0 Å². The molecule has 4 heteroatoms. The summed E-state index contributed by atoms with van der Waals surface area (Å²) in [5.41, 5.74) is 0.619. The highest BCUT2D eigenvalue weighted by molar-refractivity contribution is 7.99. The average molecular weight is 245 g/mol. The topological polar surface area (TPSA) is 32.7 Å². The quantitative estimate of drug-likeness (QED) is 0.713. The van der Waals surface area contributed by atoms with Crippen LogP contribution in [0.3, 0.4) is 0 Å². The molecule has 0 aliphatic carbocycles. The molecule has 0 aromatic carbocycles. The molecule has 0 bridgehead atoms.